The van der Waals surface area contributed by atoms with Gasteiger partial charge >= 0.3 is 0 Å². The van der Waals surface area contributed by atoms with Crippen LogP contribution >= 0.6 is 11.8 Å². The lowest BCUT2D eigenvalue weighted by Crippen LogP contribution is -2.41. The Morgan fingerprint density at radius 2 is 2.11 bits per heavy atom. The molecule has 1 fully saturated rings. The topological polar surface area (TPSA) is 24.4 Å². The van der Waals surface area contributed by atoms with Crippen LogP contribution in [-0.4, -0.2) is 23.5 Å². The maximum absolute atomic E-state index is 4.67. The predicted molar refractivity (Wildman–Crippen MR) is 81.4 cm³/mol. The average Bonchev–Trinajstić information content (AvgIpc) is 2.36. The van der Waals surface area contributed by atoms with Crippen molar-refractivity contribution in [1.82, 2.24) is 5.32 Å². The third-order valence-corrected chi connectivity index (χ3v) is 4.80. The van der Waals surface area contributed by atoms with E-state index in [0.29, 0.717) is 6.04 Å². The van der Waals surface area contributed by atoms with Crippen LogP contribution < -0.4 is 5.32 Å². The molecule has 98 valence electrons. The molecule has 0 bridgehead atoms. The van der Waals surface area contributed by atoms with Crippen molar-refractivity contribution in [1.29, 1.82) is 0 Å². The summed E-state index contributed by atoms with van der Waals surface area (Å²) in [6.07, 6.45) is 1.03. The number of rotatable bonds is 3. The van der Waals surface area contributed by atoms with Gasteiger partial charge in [-0.05, 0) is 37.3 Å². The number of hydrogen-bond acceptors (Lipinski definition) is 2. The Balaban J connectivity index is 1.87. The van der Waals surface area contributed by atoms with Crippen molar-refractivity contribution < 1.29 is 0 Å². The molecule has 1 N–H and O–H groups in total. The van der Waals surface area contributed by atoms with Crippen LogP contribution in [0.15, 0.2) is 29.3 Å². The number of aliphatic imine (C=N–C) groups is 1. The Labute approximate surface area is 114 Å². The minimum atomic E-state index is 0.545. The zero-order valence-electron chi connectivity index (χ0n) is 11.4. The smallest absolute Gasteiger partial charge is 0.156 e. The Morgan fingerprint density at radius 3 is 2.83 bits per heavy atom. The van der Waals surface area contributed by atoms with Gasteiger partial charge in [-0.25, -0.2) is 0 Å². The van der Waals surface area contributed by atoms with Crippen molar-refractivity contribution in [3.05, 3.63) is 35.4 Å². The highest BCUT2D eigenvalue weighted by Crippen LogP contribution is 2.19. The third kappa shape index (κ3) is 3.52. The fraction of sp³-hybridized carbons (Fsp3) is 0.533. The van der Waals surface area contributed by atoms with Gasteiger partial charge in [0.25, 0.3) is 0 Å². The number of aryl methyl sites for hydroxylation is 1. The lowest BCUT2D eigenvalue weighted by molar-refractivity contribution is 0.490. The molecule has 0 radical (unpaired) electrons. The van der Waals surface area contributed by atoms with Gasteiger partial charge in [0.1, 0.15) is 0 Å². The Kier molecular flexibility index (Phi) is 4.70. The second-order valence-electron chi connectivity index (χ2n) is 5.08. The first-order valence-corrected chi connectivity index (χ1v) is 7.63. The van der Waals surface area contributed by atoms with Gasteiger partial charge in [0.15, 0.2) is 5.17 Å². The molecule has 3 heteroatoms. The quantitative estimate of drug-likeness (QED) is 0.904. The fourth-order valence-electron chi connectivity index (χ4n) is 1.99. The van der Waals surface area contributed by atoms with E-state index in [1.54, 1.807) is 0 Å². The molecule has 2 unspecified atom stereocenters. The van der Waals surface area contributed by atoms with E-state index in [4.69, 9.17) is 0 Å². The SMILES string of the molecule is Cc1ccccc1CCN=C1NC(C)C(C)CS1. The number of thioether (sulfide) groups is 1. The highest BCUT2D eigenvalue weighted by Gasteiger charge is 2.20. The van der Waals surface area contributed by atoms with Crippen molar-refractivity contribution >= 4 is 16.9 Å². The molecule has 1 heterocycles. The van der Waals surface area contributed by atoms with Gasteiger partial charge in [0, 0.05) is 18.3 Å². The number of hydrogen-bond donors (Lipinski definition) is 1. The van der Waals surface area contributed by atoms with Crippen LogP contribution in [0.25, 0.3) is 0 Å². The van der Waals surface area contributed by atoms with E-state index in [0.717, 1.165) is 24.1 Å². The first-order chi connectivity index (χ1) is 8.66. The molecule has 1 aliphatic heterocycles. The molecule has 0 saturated carbocycles. The molecule has 0 aromatic heterocycles. The summed E-state index contributed by atoms with van der Waals surface area (Å²) < 4.78 is 0. The summed E-state index contributed by atoms with van der Waals surface area (Å²) in [4.78, 5) is 4.67. The van der Waals surface area contributed by atoms with Crippen LogP contribution in [0.1, 0.15) is 25.0 Å². The molecule has 1 aromatic carbocycles. The summed E-state index contributed by atoms with van der Waals surface area (Å²) >= 11 is 1.85. The van der Waals surface area contributed by atoms with Crippen LogP contribution in [0.3, 0.4) is 0 Å². The molecule has 1 aliphatic rings. The van der Waals surface area contributed by atoms with Crippen LogP contribution in [-0.2, 0) is 6.42 Å². The van der Waals surface area contributed by atoms with Crippen LogP contribution in [0.4, 0.5) is 0 Å². The van der Waals surface area contributed by atoms with Crippen molar-refractivity contribution in [2.24, 2.45) is 10.9 Å². The predicted octanol–water partition coefficient (Wildman–Crippen LogP) is 3.25. The van der Waals surface area contributed by atoms with Gasteiger partial charge in [-0.3, -0.25) is 4.99 Å². The summed E-state index contributed by atoms with van der Waals surface area (Å²) in [5.74, 6) is 1.91. The molecule has 18 heavy (non-hydrogen) atoms. The maximum Gasteiger partial charge on any atom is 0.156 e. The Bertz CT molecular complexity index is 428. The Morgan fingerprint density at radius 1 is 1.33 bits per heavy atom. The second kappa shape index (κ2) is 6.28. The molecule has 1 saturated heterocycles. The van der Waals surface area contributed by atoms with E-state index in [1.807, 2.05) is 11.8 Å². The highest BCUT2D eigenvalue weighted by molar-refractivity contribution is 8.13. The van der Waals surface area contributed by atoms with E-state index in [1.165, 1.54) is 16.9 Å². The maximum atomic E-state index is 4.67. The molecule has 0 amide bonds. The summed E-state index contributed by atoms with van der Waals surface area (Å²) in [6, 6.07) is 9.10. The van der Waals surface area contributed by atoms with Gasteiger partial charge in [-0.15, -0.1) is 0 Å². The molecule has 0 spiro atoms. The number of nitrogens with one attached hydrogen (secondary N) is 1. The van der Waals surface area contributed by atoms with Gasteiger partial charge in [-0.1, -0.05) is 43.0 Å². The highest BCUT2D eigenvalue weighted by atomic mass is 32.2. The number of benzene rings is 1. The van der Waals surface area contributed by atoms with Crippen molar-refractivity contribution in [3.63, 3.8) is 0 Å². The largest absolute Gasteiger partial charge is 0.362 e. The molecule has 0 aliphatic carbocycles. The van der Waals surface area contributed by atoms with E-state index in [9.17, 15) is 0 Å². The van der Waals surface area contributed by atoms with E-state index >= 15 is 0 Å². The lowest BCUT2D eigenvalue weighted by Gasteiger charge is -2.28. The summed E-state index contributed by atoms with van der Waals surface area (Å²) in [7, 11) is 0. The van der Waals surface area contributed by atoms with Gasteiger partial charge in [0.2, 0.25) is 0 Å². The van der Waals surface area contributed by atoms with E-state index in [2.05, 4.69) is 55.3 Å². The summed E-state index contributed by atoms with van der Waals surface area (Å²) in [5.41, 5.74) is 2.77. The summed E-state index contributed by atoms with van der Waals surface area (Å²) in [6.45, 7) is 7.57. The zero-order chi connectivity index (χ0) is 13.0. The van der Waals surface area contributed by atoms with Gasteiger partial charge < -0.3 is 5.32 Å². The number of amidine groups is 1. The normalized spacial score (nSPS) is 26.1. The minimum Gasteiger partial charge on any atom is -0.362 e. The molecular formula is C15H22N2S. The van der Waals surface area contributed by atoms with Gasteiger partial charge in [0.05, 0.1) is 0 Å². The monoisotopic (exact) mass is 262 g/mol. The molecule has 2 nitrogen and oxygen atoms in total. The van der Waals surface area contributed by atoms with Crippen LogP contribution in [0.2, 0.25) is 0 Å². The minimum absolute atomic E-state index is 0.545. The van der Waals surface area contributed by atoms with E-state index < -0.39 is 0 Å². The Hall–Kier alpha value is -0.960. The number of nitrogens with zero attached hydrogens (tertiary/aromatic N) is 1. The second-order valence-corrected chi connectivity index (χ2v) is 6.09. The van der Waals surface area contributed by atoms with Crippen LogP contribution in [0.5, 0.6) is 0 Å². The van der Waals surface area contributed by atoms with Crippen LogP contribution in [0, 0.1) is 12.8 Å². The molecule has 2 rings (SSSR count). The van der Waals surface area contributed by atoms with Crippen molar-refractivity contribution in [2.75, 3.05) is 12.3 Å². The molecule has 1 aromatic rings. The average molecular weight is 262 g/mol. The molecular weight excluding hydrogens is 240 g/mol. The van der Waals surface area contributed by atoms with E-state index in [-0.39, 0.29) is 0 Å². The lowest BCUT2D eigenvalue weighted by atomic mass is 10.1. The summed E-state index contributed by atoms with van der Waals surface area (Å²) in [5, 5.41) is 4.60. The first-order valence-electron chi connectivity index (χ1n) is 6.65. The fourth-order valence-corrected chi connectivity index (χ4v) is 3.15. The third-order valence-electron chi connectivity index (χ3n) is 3.59. The molecule has 2 atom stereocenters. The van der Waals surface area contributed by atoms with Crippen molar-refractivity contribution in [2.45, 2.75) is 33.2 Å². The zero-order valence-corrected chi connectivity index (χ0v) is 12.3. The standard InChI is InChI=1S/C15H22N2S/c1-11-6-4-5-7-14(11)8-9-16-15-17-13(3)12(2)10-18-15/h4-7,12-13H,8-10H2,1-3H3,(H,16,17). The van der Waals surface area contributed by atoms with Crippen molar-refractivity contribution in [3.8, 4) is 0 Å². The first kappa shape index (κ1) is 13.5. The van der Waals surface area contributed by atoms with Gasteiger partial charge in [-0.2, -0.15) is 0 Å².